The summed E-state index contributed by atoms with van der Waals surface area (Å²) in [5, 5.41) is 4.36. The zero-order chi connectivity index (χ0) is 18.8. The number of benzene rings is 1. The summed E-state index contributed by atoms with van der Waals surface area (Å²) in [6.07, 6.45) is 4.45. The van der Waals surface area contributed by atoms with Crippen LogP contribution < -0.4 is 5.32 Å². The van der Waals surface area contributed by atoms with Gasteiger partial charge < -0.3 is 14.8 Å². The van der Waals surface area contributed by atoms with Gasteiger partial charge in [-0.05, 0) is 12.5 Å². The van der Waals surface area contributed by atoms with Crippen molar-refractivity contribution in [2.24, 2.45) is 7.05 Å². The average molecular weight is 454 g/mol. The van der Waals surface area contributed by atoms with Gasteiger partial charge in [0.25, 0.3) is 5.91 Å². The van der Waals surface area contributed by atoms with Gasteiger partial charge in [0.2, 0.25) is 0 Å². The molecule has 1 aliphatic heterocycles. The first-order valence-corrected chi connectivity index (χ1v) is 9.94. The van der Waals surface area contributed by atoms with Crippen LogP contribution in [0, 0.1) is 6.92 Å². The number of hydrogen-bond donors (Lipinski definition) is 1. The van der Waals surface area contributed by atoms with Crippen molar-refractivity contribution < 1.29 is 4.79 Å². The first-order valence-electron chi connectivity index (χ1n) is 9.12. The summed E-state index contributed by atoms with van der Waals surface area (Å²) in [6, 6.07) is 10.2. The molecule has 0 bridgehead atoms. The largest absolute Gasteiger partial charge is 0.336 e. The Balaban J connectivity index is 0.00000150. The van der Waals surface area contributed by atoms with E-state index in [-0.39, 0.29) is 36.8 Å². The molecule has 1 unspecified atom stereocenters. The SMILES string of the molecule is Cc1nc(Cc2ccccc2)sc1C(=O)N1CCNCC1c1nccn1C.Cl.Cl. The maximum Gasteiger partial charge on any atom is 0.266 e. The number of aromatic nitrogens is 3. The zero-order valence-electron chi connectivity index (χ0n) is 16.4. The monoisotopic (exact) mass is 453 g/mol. The van der Waals surface area contributed by atoms with Crippen LogP contribution in [-0.4, -0.2) is 45.0 Å². The molecule has 1 saturated heterocycles. The van der Waals surface area contributed by atoms with Crippen molar-refractivity contribution in [1.82, 2.24) is 24.8 Å². The Morgan fingerprint density at radius 3 is 2.72 bits per heavy atom. The van der Waals surface area contributed by atoms with Gasteiger partial charge in [-0.25, -0.2) is 9.97 Å². The quantitative estimate of drug-likeness (QED) is 0.657. The fourth-order valence-corrected chi connectivity index (χ4v) is 4.56. The molecule has 29 heavy (non-hydrogen) atoms. The Kier molecular flexibility index (Phi) is 8.22. The lowest BCUT2D eigenvalue weighted by atomic mass is 10.1. The van der Waals surface area contributed by atoms with Crippen LogP contribution in [0.25, 0.3) is 0 Å². The number of amides is 1. The van der Waals surface area contributed by atoms with Crippen molar-refractivity contribution in [1.29, 1.82) is 0 Å². The van der Waals surface area contributed by atoms with Crippen molar-refractivity contribution in [3.05, 3.63) is 69.7 Å². The topological polar surface area (TPSA) is 63.1 Å². The van der Waals surface area contributed by atoms with Gasteiger partial charge in [0.05, 0.1) is 10.7 Å². The maximum atomic E-state index is 13.3. The smallest absolute Gasteiger partial charge is 0.266 e. The van der Waals surface area contributed by atoms with Gasteiger partial charge in [-0.15, -0.1) is 36.2 Å². The molecule has 1 aromatic carbocycles. The number of rotatable bonds is 4. The van der Waals surface area contributed by atoms with Crippen LogP contribution in [0.5, 0.6) is 0 Å². The summed E-state index contributed by atoms with van der Waals surface area (Å²) in [4.78, 5) is 25.1. The average Bonchev–Trinajstić information content (AvgIpc) is 3.27. The second-order valence-electron chi connectivity index (χ2n) is 6.80. The van der Waals surface area contributed by atoms with E-state index < -0.39 is 0 Å². The highest BCUT2D eigenvalue weighted by Crippen LogP contribution is 2.27. The highest BCUT2D eigenvalue weighted by Gasteiger charge is 2.32. The Morgan fingerprint density at radius 2 is 2.03 bits per heavy atom. The number of aryl methyl sites for hydroxylation is 2. The lowest BCUT2D eigenvalue weighted by Gasteiger charge is -2.35. The van der Waals surface area contributed by atoms with Gasteiger partial charge >= 0.3 is 0 Å². The first-order chi connectivity index (χ1) is 13.1. The van der Waals surface area contributed by atoms with Crippen molar-refractivity contribution in [3.8, 4) is 0 Å². The van der Waals surface area contributed by atoms with E-state index in [1.165, 1.54) is 16.9 Å². The Bertz CT molecular complexity index is 944. The molecule has 1 amide bonds. The third-order valence-electron chi connectivity index (χ3n) is 4.89. The molecule has 0 aliphatic carbocycles. The summed E-state index contributed by atoms with van der Waals surface area (Å²) in [7, 11) is 1.97. The van der Waals surface area contributed by atoms with Crippen molar-refractivity contribution >= 4 is 42.1 Å². The Hall–Kier alpha value is -1.93. The van der Waals surface area contributed by atoms with Crippen LogP contribution in [-0.2, 0) is 13.5 Å². The number of hydrogen-bond acceptors (Lipinski definition) is 5. The van der Waals surface area contributed by atoms with Gasteiger partial charge in [-0.1, -0.05) is 30.3 Å². The normalized spacial score (nSPS) is 16.1. The van der Waals surface area contributed by atoms with E-state index in [2.05, 4.69) is 27.4 Å². The maximum absolute atomic E-state index is 13.3. The van der Waals surface area contributed by atoms with Crippen molar-refractivity contribution in [2.75, 3.05) is 19.6 Å². The van der Waals surface area contributed by atoms with Crippen LogP contribution in [0.4, 0.5) is 0 Å². The molecule has 1 N–H and O–H groups in total. The number of nitrogens with zero attached hydrogens (tertiary/aromatic N) is 4. The molecule has 1 aliphatic rings. The van der Waals surface area contributed by atoms with Crippen molar-refractivity contribution in [3.63, 3.8) is 0 Å². The van der Waals surface area contributed by atoms with Crippen LogP contribution >= 0.6 is 36.2 Å². The molecule has 9 heteroatoms. The van der Waals surface area contributed by atoms with Gasteiger partial charge in [0.1, 0.15) is 16.7 Å². The lowest BCUT2D eigenvalue weighted by molar-refractivity contribution is 0.0625. The number of carbonyl (C=O) groups is 1. The molecule has 1 atom stereocenters. The van der Waals surface area contributed by atoms with E-state index in [0.717, 1.165) is 34.4 Å². The zero-order valence-corrected chi connectivity index (χ0v) is 18.8. The predicted octanol–water partition coefficient (Wildman–Crippen LogP) is 3.41. The lowest BCUT2D eigenvalue weighted by Crippen LogP contribution is -2.49. The molecular weight excluding hydrogens is 429 g/mol. The molecule has 3 heterocycles. The van der Waals surface area contributed by atoms with Crippen molar-refractivity contribution in [2.45, 2.75) is 19.4 Å². The summed E-state index contributed by atoms with van der Waals surface area (Å²) < 4.78 is 1.98. The molecule has 0 saturated carbocycles. The van der Waals surface area contributed by atoms with Crippen LogP contribution in [0.2, 0.25) is 0 Å². The molecule has 4 rings (SSSR count). The fraction of sp³-hybridized carbons (Fsp3) is 0.350. The third kappa shape index (κ3) is 4.98. The molecule has 0 spiro atoms. The number of piperazine rings is 1. The molecule has 6 nitrogen and oxygen atoms in total. The minimum atomic E-state index is -0.0645. The van der Waals surface area contributed by atoms with Gasteiger partial charge in [-0.3, -0.25) is 4.79 Å². The molecular formula is C20H25Cl2N5OS. The minimum absolute atomic E-state index is 0. The minimum Gasteiger partial charge on any atom is -0.336 e. The van der Waals surface area contributed by atoms with E-state index in [0.29, 0.717) is 13.1 Å². The summed E-state index contributed by atoms with van der Waals surface area (Å²) in [5.74, 6) is 0.959. The summed E-state index contributed by atoms with van der Waals surface area (Å²) >= 11 is 1.51. The van der Waals surface area contributed by atoms with E-state index in [1.807, 2.05) is 47.8 Å². The van der Waals surface area contributed by atoms with Gasteiger partial charge in [0.15, 0.2) is 0 Å². The molecule has 1 fully saturated rings. The predicted molar refractivity (Wildman–Crippen MR) is 120 cm³/mol. The number of nitrogens with one attached hydrogen (secondary N) is 1. The van der Waals surface area contributed by atoms with E-state index in [9.17, 15) is 4.79 Å². The van der Waals surface area contributed by atoms with Crippen LogP contribution in [0.15, 0.2) is 42.7 Å². The van der Waals surface area contributed by atoms with Gasteiger partial charge in [0, 0.05) is 45.5 Å². The number of halogens is 2. The Morgan fingerprint density at radius 1 is 1.28 bits per heavy atom. The summed E-state index contributed by atoms with van der Waals surface area (Å²) in [6.45, 7) is 4.10. The van der Waals surface area contributed by atoms with Crippen LogP contribution in [0.1, 0.15) is 37.8 Å². The number of carbonyl (C=O) groups excluding carboxylic acids is 1. The molecule has 156 valence electrons. The number of thiazole rings is 1. The van der Waals surface area contributed by atoms with Gasteiger partial charge in [-0.2, -0.15) is 0 Å². The molecule has 0 radical (unpaired) electrons. The molecule has 3 aromatic rings. The van der Waals surface area contributed by atoms with E-state index in [4.69, 9.17) is 0 Å². The highest BCUT2D eigenvalue weighted by atomic mass is 35.5. The third-order valence-corrected chi connectivity index (χ3v) is 6.04. The summed E-state index contributed by atoms with van der Waals surface area (Å²) in [5.41, 5.74) is 2.02. The van der Waals surface area contributed by atoms with E-state index >= 15 is 0 Å². The second-order valence-corrected chi connectivity index (χ2v) is 7.88. The molecule has 2 aromatic heterocycles. The fourth-order valence-electron chi connectivity index (χ4n) is 3.50. The number of imidazole rings is 1. The highest BCUT2D eigenvalue weighted by molar-refractivity contribution is 7.13. The second kappa shape index (κ2) is 10.2. The standard InChI is InChI=1S/C20H23N5OS.2ClH/c1-14-18(27-17(23-14)12-15-6-4-3-5-7-15)20(26)25-11-8-21-13-16(25)19-22-9-10-24(19)2;;/h3-7,9-10,16,21H,8,11-13H2,1-2H3;2*1H. The van der Waals surface area contributed by atoms with E-state index in [1.54, 1.807) is 6.20 Å². The first kappa shape index (κ1) is 23.3. The Labute approximate surface area is 187 Å². The van der Waals surface area contributed by atoms with Crippen LogP contribution in [0.3, 0.4) is 0 Å².